The van der Waals surface area contributed by atoms with Crippen LogP contribution in [0.1, 0.15) is 31.4 Å². The molecule has 3 nitrogen and oxygen atoms in total. The number of aromatic nitrogens is 2. The second kappa shape index (κ2) is 3.92. The molecule has 0 saturated heterocycles. The van der Waals surface area contributed by atoms with E-state index in [1.807, 2.05) is 6.20 Å². The van der Waals surface area contributed by atoms with Gasteiger partial charge in [-0.3, -0.25) is 0 Å². The van der Waals surface area contributed by atoms with E-state index in [0.29, 0.717) is 12.0 Å². The second-order valence-corrected chi connectivity index (χ2v) is 3.99. The van der Waals surface area contributed by atoms with Crippen molar-refractivity contribution in [2.75, 3.05) is 0 Å². The van der Waals surface area contributed by atoms with Gasteiger partial charge in [-0.15, -0.1) is 0 Å². The van der Waals surface area contributed by atoms with Gasteiger partial charge >= 0.3 is 0 Å². The van der Waals surface area contributed by atoms with E-state index in [4.69, 9.17) is 5.73 Å². The molecule has 0 bridgehead atoms. The van der Waals surface area contributed by atoms with Crippen molar-refractivity contribution >= 4 is 0 Å². The molecule has 1 aliphatic rings. The number of nitrogens with one attached hydrogen (secondary N) is 1. The summed E-state index contributed by atoms with van der Waals surface area (Å²) in [7, 11) is 0. The molecular formula is C10H17N3. The molecule has 2 rings (SSSR count). The molecule has 0 spiro atoms. The SMILES string of the molecule is NC1CCCCC1Cc1cnc[nH]1. The molecule has 0 aliphatic heterocycles. The van der Waals surface area contributed by atoms with Gasteiger partial charge in [0.1, 0.15) is 0 Å². The average Bonchev–Trinajstić information content (AvgIpc) is 2.61. The van der Waals surface area contributed by atoms with Crippen LogP contribution in [0.15, 0.2) is 12.5 Å². The monoisotopic (exact) mass is 179 g/mol. The van der Waals surface area contributed by atoms with Crippen LogP contribution < -0.4 is 5.73 Å². The topological polar surface area (TPSA) is 54.7 Å². The quantitative estimate of drug-likeness (QED) is 0.722. The number of nitrogens with two attached hydrogens (primary N) is 1. The van der Waals surface area contributed by atoms with Gasteiger partial charge in [0.15, 0.2) is 0 Å². The van der Waals surface area contributed by atoms with Crippen molar-refractivity contribution in [1.29, 1.82) is 0 Å². The Balaban J connectivity index is 1.93. The molecule has 13 heavy (non-hydrogen) atoms. The molecule has 1 aromatic heterocycles. The van der Waals surface area contributed by atoms with E-state index < -0.39 is 0 Å². The third-order valence-electron chi connectivity index (χ3n) is 3.00. The maximum atomic E-state index is 6.06. The number of H-pyrrole nitrogens is 1. The van der Waals surface area contributed by atoms with Crippen LogP contribution in [0, 0.1) is 5.92 Å². The van der Waals surface area contributed by atoms with Gasteiger partial charge < -0.3 is 10.7 Å². The predicted octanol–water partition coefficient (Wildman–Crippen LogP) is 1.47. The number of nitrogens with zero attached hydrogens (tertiary/aromatic N) is 1. The highest BCUT2D eigenvalue weighted by atomic mass is 14.9. The van der Waals surface area contributed by atoms with Gasteiger partial charge in [0, 0.05) is 17.9 Å². The van der Waals surface area contributed by atoms with Crippen LogP contribution in [0.2, 0.25) is 0 Å². The first-order chi connectivity index (χ1) is 6.36. The zero-order valence-corrected chi connectivity index (χ0v) is 7.87. The largest absolute Gasteiger partial charge is 0.348 e. The van der Waals surface area contributed by atoms with Crippen molar-refractivity contribution in [3.8, 4) is 0 Å². The van der Waals surface area contributed by atoms with Crippen molar-refractivity contribution in [2.45, 2.75) is 38.1 Å². The Morgan fingerprint density at radius 1 is 1.46 bits per heavy atom. The maximum absolute atomic E-state index is 6.06. The van der Waals surface area contributed by atoms with Gasteiger partial charge in [-0.2, -0.15) is 0 Å². The Kier molecular flexibility index (Phi) is 2.64. The van der Waals surface area contributed by atoms with E-state index in [9.17, 15) is 0 Å². The summed E-state index contributed by atoms with van der Waals surface area (Å²) in [4.78, 5) is 7.15. The lowest BCUT2D eigenvalue weighted by atomic mass is 9.82. The summed E-state index contributed by atoms with van der Waals surface area (Å²) >= 11 is 0. The van der Waals surface area contributed by atoms with Crippen LogP contribution in [0.5, 0.6) is 0 Å². The lowest BCUT2D eigenvalue weighted by Crippen LogP contribution is -2.34. The summed E-state index contributed by atoms with van der Waals surface area (Å²) in [5.41, 5.74) is 7.29. The van der Waals surface area contributed by atoms with Gasteiger partial charge in [0.05, 0.1) is 6.33 Å². The van der Waals surface area contributed by atoms with Crippen LogP contribution in [-0.4, -0.2) is 16.0 Å². The summed E-state index contributed by atoms with van der Waals surface area (Å²) in [6, 6.07) is 0.400. The molecule has 3 N–H and O–H groups in total. The first kappa shape index (κ1) is 8.75. The first-order valence-corrected chi connectivity index (χ1v) is 5.09. The molecule has 0 amide bonds. The summed E-state index contributed by atoms with van der Waals surface area (Å²) < 4.78 is 0. The second-order valence-electron chi connectivity index (χ2n) is 3.99. The van der Waals surface area contributed by atoms with Crippen molar-refractivity contribution in [3.05, 3.63) is 18.2 Å². The summed E-state index contributed by atoms with van der Waals surface area (Å²) in [5.74, 6) is 0.661. The molecule has 3 heteroatoms. The average molecular weight is 179 g/mol. The molecule has 1 saturated carbocycles. The molecule has 2 atom stereocenters. The fourth-order valence-corrected chi connectivity index (χ4v) is 2.17. The molecule has 0 aromatic carbocycles. The van der Waals surface area contributed by atoms with Gasteiger partial charge in [-0.1, -0.05) is 12.8 Å². The normalized spacial score (nSPS) is 29.0. The van der Waals surface area contributed by atoms with Gasteiger partial charge in [-0.05, 0) is 25.2 Å². The minimum Gasteiger partial charge on any atom is -0.348 e. The minimum atomic E-state index is 0.400. The Morgan fingerprint density at radius 3 is 3.00 bits per heavy atom. The Labute approximate surface area is 78.7 Å². The molecular weight excluding hydrogens is 162 g/mol. The van der Waals surface area contributed by atoms with E-state index in [1.54, 1.807) is 6.33 Å². The van der Waals surface area contributed by atoms with E-state index in [2.05, 4.69) is 9.97 Å². The van der Waals surface area contributed by atoms with Crippen LogP contribution in [0.3, 0.4) is 0 Å². The lowest BCUT2D eigenvalue weighted by Gasteiger charge is -2.27. The van der Waals surface area contributed by atoms with Crippen molar-refractivity contribution in [3.63, 3.8) is 0 Å². The summed E-state index contributed by atoms with van der Waals surface area (Å²) in [6.45, 7) is 0. The lowest BCUT2D eigenvalue weighted by molar-refractivity contribution is 0.304. The van der Waals surface area contributed by atoms with E-state index in [1.165, 1.54) is 31.4 Å². The fraction of sp³-hybridized carbons (Fsp3) is 0.700. The third-order valence-corrected chi connectivity index (χ3v) is 3.00. The van der Waals surface area contributed by atoms with Crippen molar-refractivity contribution < 1.29 is 0 Å². The fourth-order valence-electron chi connectivity index (χ4n) is 2.17. The van der Waals surface area contributed by atoms with Crippen LogP contribution >= 0.6 is 0 Å². The standard InChI is InChI=1S/C10H17N3/c11-10-4-2-1-3-8(10)5-9-6-12-7-13-9/h6-8,10H,1-5,11H2,(H,12,13). The molecule has 72 valence electrons. The van der Waals surface area contributed by atoms with Gasteiger partial charge in [0.2, 0.25) is 0 Å². The third kappa shape index (κ3) is 2.10. The molecule has 1 aromatic rings. The predicted molar refractivity (Wildman–Crippen MR) is 52.2 cm³/mol. The van der Waals surface area contributed by atoms with Crippen molar-refractivity contribution in [1.82, 2.24) is 9.97 Å². The number of aromatic amines is 1. The Hall–Kier alpha value is -0.830. The smallest absolute Gasteiger partial charge is 0.0921 e. The molecule has 1 fully saturated rings. The number of hydrogen-bond acceptors (Lipinski definition) is 2. The zero-order valence-electron chi connectivity index (χ0n) is 7.87. The van der Waals surface area contributed by atoms with Crippen LogP contribution in [-0.2, 0) is 6.42 Å². The van der Waals surface area contributed by atoms with Gasteiger partial charge in [0.25, 0.3) is 0 Å². The van der Waals surface area contributed by atoms with E-state index in [0.717, 1.165) is 6.42 Å². The summed E-state index contributed by atoms with van der Waals surface area (Å²) in [6.07, 6.45) is 9.83. The van der Waals surface area contributed by atoms with E-state index in [-0.39, 0.29) is 0 Å². The molecule has 1 heterocycles. The van der Waals surface area contributed by atoms with Crippen LogP contribution in [0.25, 0.3) is 0 Å². The molecule has 0 radical (unpaired) electrons. The number of hydrogen-bond donors (Lipinski definition) is 2. The highest BCUT2D eigenvalue weighted by molar-refractivity contribution is 4.98. The minimum absolute atomic E-state index is 0.400. The Morgan fingerprint density at radius 2 is 2.31 bits per heavy atom. The number of imidazole rings is 1. The van der Waals surface area contributed by atoms with E-state index >= 15 is 0 Å². The zero-order chi connectivity index (χ0) is 9.10. The van der Waals surface area contributed by atoms with Crippen LogP contribution in [0.4, 0.5) is 0 Å². The Bertz CT molecular complexity index is 243. The molecule has 1 aliphatic carbocycles. The molecule has 2 unspecified atom stereocenters. The summed E-state index contributed by atoms with van der Waals surface area (Å²) in [5, 5.41) is 0. The first-order valence-electron chi connectivity index (χ1n) is 5.09. The highest BCUT2D eigenvalue weighted by Crippen LogP contribution is 2.25. The van der Waals surface area contributed by atoms with Crippen molar-refractivity contribution in [2.24, 2.45) is 11.7 Å². The number of rotatable bonds is 2. The van der Waals surface area contributed by atoms with Gasteiger partial charge in [-0.25, -0.2) is 4.98 Å². The maximum Gasteiger partial charge on any atom is 0.0921 e. The highest BCUT2D eigenvalue weighted by Gasteiger charge is 2.21.